The smallest absolute Gasteiger partial charge is 0.119 e. The van der Waals surface area contributed by atoms with Gasteiger partial charge in [-0.3, -0.25) is 4.98 Å². The van der Waals surface area contributed by atoms with Crippen LogP contribution in [0.4, 0.5) is 0 Å². The van der Waals surface area contributed by atoms with Gasteiger partial charge in [-0.2, -0.15) is 0 Å². The minimum absolute atomic E-state index is 0.449. The van der Waals surface area contributed by atoms with E-state index >= 15 is 0 Å². The van der Waals surface area contributed by atoms with Crippen LogP contribution in [0.25, 0.3) is 10.9 Å². The highest BCUT2D eigenvalue weighted by molar-refractivity contribution is 5.83. The van der Waals surface area contributed by atoms with Crippen molar-refractivity contribution >= 4 is 10.9 Å². The van der Waals surface area contributed by atoms with Crippen molar-refractivity contribution in [2.45, 2.75) is 38.7 Å². The number of hydrogen-bond donors (Lipinski definition) is 2. The predicted octanol–water partition coefficient (Wildman–Crippen LogP) is 3.69. The molecule has 2 heterocycles. The highest BCUT2D eigenvalue weighted by Gasteiger charge is 2.24. The fourth-order valence-electron chi connectivity index (χ4n) is 3.93. The van der Waals surface area contributed by atoms with E-state index in [4.69, 9.17) is 4.74 Å². The summed E-state index contributed by atoms with van der Waals surface area (Å²) in [5.41, 5.74) is 1.86. The zero-order valence-corrected chi connectivity index (χ0v) is 14.7. The number of fused-ring (bicyclic) bond motifs is 1. The maximum absolute atomic E-state index is 10.8. The van der Waals surface area contributed by atoms with Crippen molar-refractivity contribution in [1.29, 1.82) is 0 Å². The number of hydrogen-bond acceptors (Lipinski definition) is 4. The van der Waals surface area contributed by atoms with Gasteiger partial charge < -0.3 is 15.2 Å². The Morgan fingerprint density at radius 2 is 2.21 bits per heavy atom. The number of methoxy groups -OCH3 is 1. The maximum atomic E-state index is 10.8. The molecule has 1 aliphatic rings. The second kappa shape index (κ2) is 7.95. The average Bonchev–Trinajstić information content (AvgIpc) is 2.65. The molecule has 0 bridgehead atoms. The van der Waals surface area contributed by atoms with Gasteiger partial charge in [-0.05, 0) is 74.0 Å². The number of pyridine rings is 1. The SMILES string of the molecule is CC[C@H]1CNCCC1CC[C@@H](O)c1ccnc2ccc(OC)cc12. The van der Waals surface area contributed by atoms with E-state index in [0.29, 0.717) is 5.92 Å². The molecule has 0 aliphatic carbocycles. The maximum Gasteiger partial charge on any atom is 0.119 e. The predicted molar refractivity (Wildman–Crippen MR) is 97.2 cm³/mol. The summed E-state index contributed by atoms with van der Waals surface area (Å²) in [6.45, 7) is 4.49. The van der Waals surface area contributed by atoms with E-state index in [2.05, 4.69) is 17.2 Å². The molecule has 0 spiro atoms. The molecular formula is C20H28N2O2. The zero-order valence-electron chi connectivity index (χ0n) is 14.7. The fourth-order valence-corrected chi connectivity index (χ4v) is 3.93. The third-order valence-electron chi connectivity index (χ3n) is 5.44. The molecule has 1 aromatic carbocycles. The van der Waals surface area contributed by atoms with Crippen LogP contribution in [0.1, 0.15) is 44.3 Å². The first-order valence-corrected chi connectivity index (χ1v) is 9.04. The summed E-state index contributed by atoms with van der Waals surface area (Å²) < 4.78 is 5.32. The number of ether oxygens (including phenoxy) is 1. The van der Waals surface area contributed by atoms with Gasteiger partial charge in [0.1, 0.15) is 5.75 Å². The molecule has 1 saturated heterocycles. The molecule has 1 fully saturated rings. The average molecular weight is 328 g/mol. The fraction of sp³-hybridized carbons (Fsp3) is 0.550. The first kappa shape index (κ1) is 17.2. The van der Waals surface area contributed by atoms with Crippen molar-refractivity contribution < 1.29 is 9.84 Å². The quantitative estimate of drug-likeness (QED) is 0.849. The van der Waals surface area contributed by atoms with E-state index in [-0.39, 0.29) is 0 Å². The molecule has 3 rings (SSSR count). The Balaban J connectivity index is 1.74. The lowest BCUT2D eigenvalue weighted by atomic mass is 9.80. The summed E-state index contributed by atoms with van der Waals surface area (Å²) in [5.74, 6) is 2.25. The molecule has 130 valence electrons. The minimum Gasteiger partial charge on any atom is -0.497 e. The lowest BCUT2D eigenvalue weighted by molar-refractivity contribution is 0.139. The van der Waals surface area contributed by atoms with E-state index in [9.17, 15) is 5.11 Å². The van der Waals surface area contributed by atoms with Crippen molar-refractivity contribution in [2.24, 2.45) is 11.8 Å². The van der Waals surface area contributed by atoms with Gasteiger partial charge in [-0.25, -0.2) is 0 Å². The third-order valence-corrected chi connectivity index (χ3v) is 5.44. The first-order valence-electron chi connectivity index (χ1n) is 9.04. The molecule has 4 heteroatoms. The van der Waals surface area contributed by atoms with Crippen molar-refractivity contribution in [3.05, 3.63) is 36.0 Å². The lowest BCUT2D eigenvalue weighted by Crippen LogP contribution is -2.36. The van der Waals surface area contributed by atoms with Crippen molar-refractivity contribution in [1.82, 2.24) is 10.3 Å². The van der Waals surface area contributed by atoms with Crippen LogP contribution in [0, 0.1) is 11.8 Å². The Hall–Kier alpha value is -1.65. The van der Waals surface area contributed by atoms with Crippen LogP contribution in [0.3, 0.4) is 0 Å². The molecule has 0 amide bonds. The number of nitrogens with zero attached hydrogens (tertiary/aromatic N) is 1. The van der Waals surface area contributed by atoms with Gasteiger partial charge >= 0.3 is 0 Å². The van der Waals surface area contributed by atoms with Crippen LogP contribution in [0.2, 0.25) is 0 Å². The van der Waals surface area contributed by atoms with Crippen molar-refractivity contribution in [3.63, 3.8) is 0 Å². The largest absolute Gasteiger partial charge is 0.497 e. The molecule has 2 N–H and O–H groups in total. The topological polar surface area (TPSA) is 54.4 Å². The first-order chi connectivity index (χ1) is 11.7. The zero-order chi connectivity index (χ0) is 16.9. The number of nitrogens with one attached hydrogen (secondary N) is 1. The van der Waals surface area contributed by atoms with Crippen molar-refractivity contribution in [3.8, 4) is 5.75 Å². The Bertz CT molecular complexity index is 674. The Morgan fingerprint density at radius 1 is 1.33 bits per heavy atom. The lowest BCUT2D eigenvalue weighted by Gasteiger charge is -2.32. The number of aromatic nitrogens is 1. The second-order valence-corrected chi connectivity index (χ2v) is 6.80. The van der Waals surface area contributed by atoms with Crippen LogP contribution in [-0.2, 0) is 0 Å². The summed E-state index contributed by atoms with van der Waals surface area (Å²) in [6, 6.07) is 7.77. The van der Waals surface area contributed by atoms with Gasteiger partial charge in [0.2, 0.25) is 0 Å². The molecule has 2 aromatic rings. The van der Waals surface area contributed by atoms with Gasteiger partial charge in [0.05, 0.1) is 18.7 Å². The van der Waals surface area contributed by atoms with Crippen molar-refractivity contribution in [2.75, 3.05) is 20.2 Å². The third kappa shape index (κ3) is 3.70. The van der Waals surface area contributed by atoms with E-state index in [1.165, 1.54) is 12.8 Å². The Labute approximate surface area is 144 Å². The number of aliphatic hydroxyl groups is 1. The van der Waals surface area contributed by atoms with Crippen LogP contribution in [-0.4, -0.2) is 30.3 Å². The van der Waals surface area contributed by atoms with Gasteiger partial charge in [-0.15, -0.1) is 0 Å². The van der Waals surface area contributed by atoms with Crippen LogP contribution in [0.5, 0.6) is 5.75 Å². The highest BCUT2D eigenvalue weighted by Crippen LogP contribution is 2.33. The molecule has 1 aliphatic heterocycles. The second-order valence-electron chi connectivity index (χ2n) is 6.80. The Kier molecular flexibility index (Phi) is 5.69. The molecular weight excluding hydrogens is 300 g/mol. The summed E-state index contributed by atoms with van der Waals surface area (Å²) in [4.78, 5) is 4.40. The monoisotopic (exact) mass is 328 g/mol. The minimum atomic E-state index is -0.449. The summed E-state index contributed by atoms with van der Waals surface area (Å²) in [6.07, 6.45) is 5.65. The molecule has 1 unspecified atom stereocenters. The van der Waals surface area contributed by atoms with Crippen LogP contribution < -0.4 is 10.1 Å². The van der Waals surface area contributed by atoms with E-state index < -0.39 is 6.10 Å². The van der Waals surface area contributed by atoms with E-state index in [1.54, 1.807) is 13.3 Å². The summed E-state index contributed by atoms with van der Waals surface area (Å²) >= 11 is 0. The summed E-state index contributed by atoms with van der Waals surface area (Å²) in [7, 11) is 1.66. The summed E-state index contributed by atoms with van der Waals surface area (Å²) in [5, 5.41) is 15.3. The molecule has 0 saturated carbocycles. The highest BCUT2D eigenvalue weighted by atomic mass is 16.5. The molecule has 24 heavy (non-hydrogen) atoms. The van der Waals surface area contributed by atoms with E-state index in [1.807, 2.05) is 24.3 Å². The Morgan fingerprint density at radius 3 is 3.00 bits per heavy atom. The van der Waals surface area contributed by atoms with Gasteiger partial charge in [0.15, 0.2) is 0 Å². The molecule has 1 aromatic heterocycles. The van der Waals surface area contributed by atoms with Gasteiger partial charge in [0.25, 0.3) is 0 Å². The van der Waals surface area contributed by atoms with Crippen LogP contribution >= 0.6 is 0 Å². The molecule has 4 nitrogen and oxygen atoms in total. The molecule has 3 atom stereocenters. The number of piperidine rings is 1. The number of rotatable bonds is 6. The molecule has 0 radical (unpaired) electrons. The normalized spacial score (nSPS) is 22.5. The van der Waals surface area contributed by atoms with Crippen LogP contribution in [0.15, 0.2) is 30.5 Å². The standard InChI is InChI=1S/C20H28N2O2/c1-3-14-13-21-10-8-15(14)4-7-20(23)17-9-11-22-19-6-5-16(24-2)12-18(17)19/h5-6,9,11-12,14-15,20-21,23H,3-4,7-8,10,13H2,1-2H3/t14-,15?,20+/m0/s1. The number of benzene rings is 1. The number of aliphatic hydroxyl groups excluding tert-OH is 1. The van der Waals surface area contributed by atoms with E-state index in [0.717, 1.165) is 54.1 Å². The van der Waals surface area contributed by atoms with Gasteiger partial charge in [0, 0.05) is 11.6 Å². The van der Waals surface area contributed by atoms with Gasteiger partial charge in [-0.1, -0.05) is 13.3 Å².